The van der Waals surface area contributed by atoms with Gasteiger partial charge in [-0.3, -0.25) is 14.5 Å². The van der Waals surface area contributed by atoms with Crippen LogP contribution in [0.15, 0.2) is 41.8 Å². The highest BCUT2D eigenvalue weighted by Crippen LogP contribution is 2.56. The number of anilines is 1. The molecular formula is C20H17NO4S. The number of fused-ring (bicyclic) bond motifs is 5. The van der Waals surface area contributed by atoms with Crippen molar-refractivity contribution in [2.45, 2.75) is 19.3 Å². The Morgan fingerprint density at radius 3 is 2.23 bits per heavy atom. The first kappa shape index (κ1) is 15.8. The van der Waals surface area contributed by atoms with Crippen LogP contribution in [0.25, 0.3) is 0 Å². The molecule has 2 saturated carbocycles. The fourth-order valence-corrected chi connectivity index (χ4v) is 5.48. The van der Waals surface area contributed by atoms with Crippen molar-refractivity contribution in [3.8, 4) is 5.75 Å². The van der Waals surface area contributed by atoms with E-state index in [-0.39, 0.29) is 23.7 Å². The van der Waals surface area contributed by atoms with E-state index < -0.39 is 5.97 Å². The van der Waals surface area contributed by atoms with Gasteiger partial charge in [-0.1, -0.05) is 6.07 Å². The summed E-state index contributed by atoms with van der Waals surface area (Å²) in [6.45, 7) is 0. The number of nitrogens with zero attached hydrogens (tertiary/aromatic N) is 1. The molecule has 6 heteroatoms. The number of amides is 2. The van der Waals surface area contributed by atoms with Crippen LogP contribution in [0.5, 0.6) is 5.75 Å². The number of ether oxygens (including phenoxy) is 1. The number of rotatable bonds is 3. The second kappa shape index (κ2) is 5.77. The number of benzene rings is 1. The van der Waals surface area contributed by atoms with Crippen LogP contribution in [-0.2, 0) is 9.59 Å². The Morgan fingerprint density at radius 1 is 1.00 bits per heavy atom. The second-order valence-corrected chi connectivity index (χ2v) is 8.21. The minimum atomic E-state index is -0.410. The van der Waals surface area contributed by atoms with E-state index in [9.17, 15) is 14.4 Å². The lowest BCUT2D eigenvalue weighted by Crippen LogP contribution is -2.32. The summed E-state index contributed by atoms with van der Waals surface area (Å²) < 4.78 is 5.33. The number of imide groups is 1. The predicted molar refractivity (Wildman–Crippen MR) is 96.0 cm³/mol. The van der Waals surface area contributed by atoms with Crippen LogP contribution in [0.4, 0.5) is 5.69 Å². The molecule has 5 nitrogen and oxygen atoms in total. The second-order valence-electron chi connectivity index (χ2n) is 7.26. The Morgan fingerprint density at radius 2 is 1.65 bits per heavy atom. The van der Waals surface area contributed by atoms with E-state index in [0.29, 0.717) is 28.1 Å². The van der Waals surface area contributed by atoms with E-state index in [1.54, 1.807) is 36.4 Å². The Balaban J connectivity index is 1.36. The summed E-state index contributed by atoms with van der Waals surface area (Å²) in [4.78, 5) is 39.5. The molecule has 2 aliphatic carbocycles. The van der Waals surface area contributed by atoms with Crippen molar-refractivity contribution in [3.63, 3.8) is 0 Å². The van der Waals surface area contributed by atoms with Gasteiger partial charge in [0.2, 0.25) is 11.8 Å². The lowest BCUT2D eigenvalue weighted by atomic mass is 9.81. The molecular weight excluding hydrogens is 350 g/mol. The summed E-state index contributed by atoms with van der Waals surface area (Å²) >= 11 is 1.32. The fraction of sp³-hybridized carbons (Fsp3) is 0.350. The first-order valence-corrected chi connectivity index (χ1v) is 9.75. The normalized spacial score (nSPS) is 29.3. The zero-order valence-electron chi connectivity index (χ0n) is 14.0. The van der Waals surface area contributed by atoms with Gasteiger partial charge in [0, 0.05) is 0 Å². The highest BCUT2D eigenvalue weighted by molar-refractivity contribution is 7.12. The molecule has 2 amide bonds. The average molecular weight is 367 g/mol. The van der Waals surface area contributed by atoms with Crippen LogP contribution in [-0.4, -0.2) is 17.8 Å². The van der Waals surface area contributed by atoms with Gasteiger partial charge in [-0.2, -0.15) is 0 Å². The van der Waals surface area contributed by atoms with Crippen molar-refractivity contribution in [1.29, 1.82) is 0 Å². The zero-order chi connectivity index (χ0) is 17.8. The third-order valence-corrected chi connectivity index (χ3v) is 6.81. The quantitative estimate of drug-likeness (QED) is 0.473. The molecule has 132 valence electrons. The van der Waals surface area contributed by atoms with Crippen molar-refractivity contribution < 1.29 is 19.1 Å². The molecule has 3 aliphatic rings. The molecule has 0 N–H and O–H groups in total. The van der Waals surface area contributed by atoms with Crippen LogP contribution in [0.1, 0.15) is 28.9 Å². The first-order chi connectivity index (χ1) is 12.6. The Labute approximate surface area is 154 Å². The standard InChI is InChI=1S/C20H17NO4S/c22-18-16-11-3-4-12(10-11)17(16)19(23)21(18)13-5-7-14(8-6-13)25-20(24)15-2-1-9-26-15/h1-2,5-9,11-12,16-17H,3-4,10H2/t11-,12+,16-,17-/m0/s1. The summed E-state index contributed by atoms with van der Waals surface area (Å²) in [6, 6.07) is 10.1. The molecule has 1 aromatic carbocycles. The van der Waals surface area contributed by atoms with Crippen molar-refractivity contribution >= 4 is 34.8 Å². The van der Waals surface area contributed by atoms with Crippen LogP contribution in [0.2, 0.25) is 0 Å². The lowest BCUT2D eigenvalue weighted by Gasteiger charge is -2.19. The first-order valence-electron chi connectivity index (χ1n) is 8.87. The van der Waals surface area contributed by atoms with Gasteiger partial charge in [0.05, 0.1) is 17.5 Å². The van der Waals surface area contributed by atoms with Crippen LogP contribution < -0.4 is 9.64 Å². The molecule has 0 spiro atoms. The van der Waals surface area contributed by atoms with Gasteiger partial charge in [0.1, 0.15) is 10.6 Å². The number of hydrogen-bond donors (Lipinski definition) is 0. The molecule has 2 bridgehead atoms. The van der Waals surface area contributed by atoms with Crippen LogP contribution >= 0.6 is 11.3 Å². The third-order valence-electron chi connectivity index (χ3n) is 5.96. The average Bonchev–Trinajstić information content (AvgIpc) is 3.41. The summed E-state index contributed by atoms with van der Waals surface area (Å²) in [7, 11) is 0. The van der Waals surface area contributed by atoms with Gasteiger partial charge >= 0.3 is 5.97 Å². The molecule has 5 rings (SSSR count). The number of carbonyl (C=O) groups excluding carboxylic acids is 3. The highest BCUT2D eigenvalue weighted by atomic mass is 32.1. The summed E-state index contributed by atoms with van der Waals surface area (Å²) in [5.74, 6) is 0.356. The summed E-state index contributed by atoms with van der Waals surface area (Å²) in [5, 5.41) is 1.81. The van der Waals surface area contributed by atoms with Crippen molar-refractivity contribution in [1.82, 2.24) is 0 Å². The van der Waals surface area contributed by atoms with Gasteiger partial charge in [0.25, 0.3) is 0 Å². The minimum Gasteiger partial charge on any atom is -0.422 e. The van der Waals surface area contributed by atoms with E-state index in [0.717, 1.165) is 19.3 Å². The van der Waals surface area contributed by atoms with Gasteiger partial charge in [-0.05, 0) is 66.8 Å². The van der Waals surface area contributed by atoms with Crippen LogP contribution in [0, 0.1) is 23.7 Å². The topological polar surface area (TPSA) is 63.7 Å². The maximum Gasteiger partial charge on any atom is 0.353 e. The third kappa shape index (κ3) is 2.25. The van der Waals surface area contributed by atoms with E-state index in [1.165, 1.54) is 16.2 Å². The van der Waals surface area contributed by atoms with Crippen molar-refractivity contribution in [3.05, 3.63) is 46.7 Å². The largest absolute Gasteiger partial charge is 0.422 e. The number of hydrogen-bond acceptors (Lipinski definition) is 5. The van der Waals surface area contributed by atoms with Gasteiger partial charge in [-0.15, -0.1) is 11.3 Å². The molecule has 3 fully saturated rings. The van der Waals surface area contributed by atoms with Crippen molar-refractivity contribution in [2.24, 2.45) is 23.7 Å². The highest BCUT2D eigenvalue weighted by Gasteiger charge is 2.61. The summed E-state index contributed by atoms with van der Waals surface area (Å²) in [5.41, 5.74) is 0.560. The molecule has 4 atom stereocenters. The maximum absolute atomic E-state index is 12.8. The van der Waals surface area contributed by atoms with Gasteiger partial charge in [0.15, 0.2) is 0 Å². The van der Waals surface area contributed by atoms with E-state index in [2.05, 4.69) is 0 Å². The Bertz CT molecular complexity index is 861. The molecule has 1 aromatic heterocycles. The SMILES string of the molecule is O=C(Oc1ccc(N2C(=O)[C@H]3[C@@H]4CC[C@@H](C4)[C@@H]3C2=O)cc1)c1cccs1. The molecule has 0 unspecified atom stereocenters. The van der Waals surface area contributed by atoms with E-state index >= 15 is 0 Å². The predicted octanol–water partition coefficient (Wildman–Crippen LogP) is 3.50. The number of thiophene rings is 1. The molecule has 0 radical (unpaired) electrons. The van der Waals surface area contributed by atoms with Crippen molar-refractivity contribution in [2.75, 3.05) is 4.90 Å². The monoisotopic (exact) mass is 367 g/mol. The Kier molecular flexibility index (Phi) is 3.50. The van der Waals surface area contributed by atoms with Gasteiger partial charge < -0.3 is 4.74 Å². The lowest BCUT2D eigenvalue weighted by molar-refractivity contribution is -0.123. The Hall–Kier alpha value is -2.47. The van der Waals surface area contributed by atoms with E-state index in [4.69, 9.17) is 4.74 Å². The molecule has 2 aromatic rings. The molecule has 1 saturated heterocycles. The zero-order valence-corrected chi connectivity index (χ0v) is 14.8. The molecule has 1 aliphatic heterocycles. The fourth-order valence-electron chi connectivity index (χ4n) is 4.88. The maximum atomic E-state index is 12.8. The molecule has 26 heavy (non-hydrogen) atoms. The summed E-state index contributed by atoms with van der Waals surface area (Å²) in [6.07, 6.45) is 3.16. The molecule has 2 heterocycles. The smallest absolute Gasteiger partial charge is 0.353 e. The van der Waals surface area contributed by atoms with Gasteiger partial charge in [-0.25, -0.2) is 4.79 Å². The van der Waals surface area contributed by atoms with E-state index in [1.807, 2.05) is 5.38 Å². The van der Waals surface area contributed by atoms with Crippen LogP contribution in [0.3, 0.4) is 0 Å². The number of esters is 1. The minimum absolute atomic E-state index is 0.0597. The number of carbonyl (C=O) groups is 3.